The van der Waals surface area contributed by atoms with Gasteiger partial charge in [-0.3, -0.25) is 14.9 Å². The molecule has 0 aromatic heterocycles. The molecule has 3 unspecified atom stereocenters. The van der Waals surface area contributed by atoms with Crippen molar-refractivity contribution in [1.82, 2.24) is 10.6 Å². The zero-order valence-electron chi connectivity index (χ0n) is 16.0. The summed E-state index contributed by atoms with van der Waals surface area (Å²) < 4.78 is 0. The number of anilines is 1. The maximum Gasteiger partial charge on any atom is 0.251 e. The number of nitrogens with two attached hydrogens (primary N) is 1. The predicted octanol–water partition coefficient (Wildman–Crippen LogP) is 2.91. The summed E-state index contributed by atoms with van der Waals surface area (Å²) in [4.78, 5) is 24.9. The van der Waals surface area contributed by atoms with E-state index in [2.05, 4.69) is 29.0 Å². The molecule has 0 bridgehead atoms. The smallest absolute Gasteiger partial charge is 0.251 e. The van der Waals surface area contributed by atoms with E-state index in [4.69, 9.17) is 17.3 Å². The Morgan fingerprint density at radius 2 is 2.03 bits per heavy atom. The van der Waals surface area contributed by atoms with Crippen molar-refractivity contribution < 1.29 is 9.59 Å². The van der Waals surface area contributed by atoms with Crippen LogP contribution < -0.4 is 21.7 Å². The fourth-order valence-electron chi connectivity index (χ4n) is 3.82. The highest BCUT2D eigenvalue weighted by Gasteiger charge is 2.43. The maximum absolute atomic E-state index is 13.0. The molecule has 2 aliphatic rings. The van der Waals surface area contributed by atoms with Crippen molar-refractivity contribution >= 4 is 35.2 Å². The van der Waals surface area contributed by atoms with Gasteiger partial charge in [-0.1, -0.05) is 48.4 Å². The van der Waals surface area contributed by atoms with Crippen LogP contribution in [0.2, 0.25) is 5.02 Å². The molecule has 4 rings (SSSR count). The SMILES string of the molecule is CCC1=Cc2cc(NC(=O)C(NC(=O)CN)c3cccc(Cl)c3)ccc2C2NC12. The fraction of sp³-hybridized carbons (Fsp3) is 0.273. The molecular formula is C22H23ClN4O2. The van der Waals surface area contributed by atoms with Gasteiger partial charge >= 0.3 is 0 Å². The second-order valence-electron chi connectivity index (χ2n) is 7.29. The van der Waals surface area contributed by atoms with Gasteiger partial charge in [0.05, 0.1) is 12.6 Å². The molecule has 1 aliphatic heterocycles. The first-order valence-electron chi connectivity index (χ1n) is 9.66. The van der Waals surface area contributed by atoms with Crippen LogP contribution in [-0.2, 0) is 9.59 Å². The molecular weight excluding hydrogens is 388 g/mol. The van der Waals surface area contributed by atoms with Crippen LogP contribution in [0.25, 0.3) is 6.08 Å². The van der Waals surface area contributed by atoms with Gasteiger partial charge in [-0.25, -0.2) is 0 Å². The zero-order valence-corrected chi connectivity index (χ0v) is 16.8. The van der Waals surface area contributed by atoms with Crippen LogP contribution >= 0.6 is 11.6 Å². The van der Waals surface area contributed by atoms with Crippen molar-refractivity contribution in [3.63, 3.8) is 0 Å². The number of carbonyl (C=O) groups is 2. The van der Waals surface area contributed by atoms with Gasteiger partial charge in [0.2, 0.25) is 5.91 Å². The number of halogens is 1. The van der Waals surface area contributed by atoms with E-state index in [0.717, 1.165) is 12.0 Å². The lowest BCUT2D eigenvalue weighted by Gasteiger charge is -2.20. The van der Waals surface area contributed by atoms with Gasteiger partial charge in [0.25, 0.3) is 5.91 Å². The molecule has 0 radical (unpaired) electrons. The van der Waals surface area contributed by atoms with Crippen LogP contribution in [0.1, 0.15) is 42.1 Å². The number of nitrogens with one attached hydrogen (secondary N) is 3. The first-order chi connectivity index (χ1) is 14.0. The summed E-state index contributed by atoms with van der Waals surface area (Å²) in [6, 6.07) is 12.7. The van der Waals surface area contributed by atoms with Crippen molar-refractivity contribution in [3.8, 4) is 0 Å². The van der Waals surface area contributed by atoms with E-state index in [-0.39, 0.29) is 12.5 Å². The second kappa shape index (κ2) is 7.99. The van der Waals surface area contributed by atoms with Gasteiger partial charge in [-0.05, 0) is 47.4 Å². The number of fused-ring (bicyclic) bond motifs is 3. The topological polar surface area (TPSA) is 106 Å². The average Bonchev–Trinajstić information content (AvgIpc) is 3.52. The molecule has 3 atom stereocenters. The van der Waals surface area contributed by atoms with E-state index in [1.165, 1.54) is 11.1 Å². The van der Waals surface area contributed by atoms with Crippen molar-refractivity contribution in [2.75, 3.05) is 11.9 Å². The normalized spacial score (nSPS) is 20.0. The zero-order chi connectivity index (χ0) is 20.5. The molecule has 1 heterocycles. The molecule has 1 aliphatic carbocycles. The minimum atomic E-state index is -0.892. The highest BCUT2D eigenvalue weighted by Crippen LogP contribution is 2.43. The van der Waals surface area contributed by atoms with Crippen LogP contribution in [0.4, 0.5) is 5.69 Å². The first-order valence-corrected chi connectivity index (χ1v) is 10.0. The highest BCUT2D eigenvalue weighted by molar-refractivity contribution is 6.30. The molecule has 2 amide bonds. The monoisotopic (exact) mass is 410 g/mol. The molecule has 7 heteroatoms. The maximum atomic E-state index is 13.0. The van der Waals surface area contributed by atoms with Crippen molar-refractivity contribution in [1.29, 1.82) is 0 Å². The Hall–Kier alpha value is -2.67. The number of hydrogen-bond donors (Lipinski definition) is 4. The summed E-state index contributed by atoms with van der Waals surface area (Å²) in [5, 5.41) is 9.56. The minimum absolute atomic E-state index is 0.205. The molecule has 1 saturated heterocycles. The number of amides is 2. The number of hydrogen-bond acceptors (Lipinski definition) is 4. The van der Waals surface area contributed by atoms with Crippen molar-refractivity contribution in [2.45, 2.75) is 31.5 Å². The Kier molecular flexibility index (Phi) is 5.41. The molecule has 150 valence electrons. The van der Waals surface area contributed by atoms with Crippen molar-refractivity contribution in [3.05, 3.63) is 69.8 Å². The fourth-order valence-corrected chi connectivity index (χ4v) is 4.02. The average molecular weight is 411 g/mol. The molecule has 2 aromatic rings. The Labute approximate surface area is 174 Å². The van der Waals surface area contributed by atoms with E-state index < -0.39 is 11.9 Å². The first kappa shape index (κ1) is 19.6. The van der Waals surface area contributed by atoms with E-state index in [1.807, 2.05) is 18.2 Å². The molecule has 0 spiro atoms. The van der Waals surface area contributed by atoms with Gasteiger partial charge in [0.1, 0.15) is 6.04 Å². The van der Waals surface area contributed by atoms with Crippen LogP contribution in [0.3, 0.4) is 0 Å². The molecule has 29 heavy (non-hydrogen) atoms. The third-order valence-corrected chi connectivity index (χ3v) is 5.59. The molecule has 6 nitrogen and oxygen atoms in total. The Morgan fingerprint density at radius 1 is 1.21 bits per heavy atom. The highest BCUT2D eigenvalue weighted by atomic mass is 35.5. The standard InChI is InChI=1S/C22H23ClN4O2/c1-2-12-8-14-10-16(6-7-17(14)21-19(12)27-21)25-22(29)20(26-18(28)11-24)13-4-3-5-15(23)9-13/h3-10,19-21,27H,2,11,24H2,1H3,(H,25,29)(H,26,28). The van der Waals surface area contributed by atoms with Crippen LogP contribution in [0, 0.1) is 0 Å². The summed E-state index contributed by atoms with van der Waals surface area (Å²) >= 11 is 6.07. The quantitative estimate of drug-likeness (QED) is 0.549. The third-order valence-electron chi connectivity index (χ3n) is 5.36. The summed E-state index contributed by atoms with van der Waals surface area (Å²) in [6.07, 6.45) is 3.18. The van der Waals surface area contributed by atoms with E-state index >= 15 is 0 Å². The van der Waals surface area contributed by atoms with E-state index in [1.54, 1.807) is 24.3 Å². The van der Waals surface area contributed by atoms with Gasteiger partial charge < -0.3 is 16.4 Å². The van der Waals surface area contributed by atoms with Crippen LogP contribution in [0.15, 0.2) is 48.0 Å². The minimum Gasteiger partial charge on any atom is -0.339 e. The lowest BCUT2D eigenvalue weighted by atomic mass is 9.91. The third kappa shape index (κ3) is 4.05. The molecule has 1 fully saturated rings. The number of rotatable bonds is 6. The Balaban J connectivity index is 1.58. The lowest BCUT2D eigenvalue weighted by Crippen LogP contribution is -2.39. The Morgan fingerprint density at radius 3 is 2.76 bits per heavy atom. The molecule has 0 saturated carbocycles. The summed E-state index contributed by atoms with van der Waals surface area (Å²) in [5.41, 5.74) is 10.4. The van der Waals surface area contributed by atoms with Crippen LogP contribution in [0.5, 0.6) is 0 Å². The Bertz CT molecular complexity index is 1000. The van der Waals surface area contributed by atoms with Crippen molar-refractivity contribution in [2.24, 2.45) is 5.73 Å². The second-order valence-corrected chi connectivity index (χ2v) is 7.72. The van der Waals surface area contributed by atoms with Gasteiger partial charge in [0.15, 0.2) is 0 Å². The lowest BCUT2D eigenvalue weighted by molar-refractivity contribution is -0.125. The molecule has 5 N–H and O–H groups in total. The molecule has 2 aromatic carbocycles. The summed E-state index contributed by atoms with van der Waals surface area (Å²) in [5.74, 6) is -0.774. The van der Waals surface area contributed by atoms with Gasteiger partial charge in [-0.2, -0.15) is 0 Å². The largest absolute Gasteiger partial charge is 0.339 e. The van der Waals surface area contributed by atoms with E-state index in [0.29, 0.717) is 28.4 Å². The van der Waals surface area contributed by atoms with E-state index in [9.17, 15) is 9.59 Å². The summed E-state index contributed by atoms with van der Waals surface area (Å²) in [7, 11) is 0. The summed E-state index contributed by atoms with van der Waals surface area (Å²) in [6.45, 7) is 1.94. The van der Waals surface area contributed by atoms with Crippen LogP contribution in [-0.4, -0.2) is 24.4 Å². The number of carbonyl (C=O) groups excluding carboxylic acids is 2. The van der Waals surface area contributed by atoms with Gasteiger partial charge in [0, 0.05) is 16.8 Å². The number of benzene rings is 2. The predicted molar refractivity (Wildman–Crippen MR) is 114 cm³/mol. The van der Waals surface area contributed by atoms with Gasteiger partial charge in [-0.15, -0.1) is 0 Å².